The van der Waals surface area contributed by atoms with Crippen LogP contribution in [-0.2, 0) is 9.53 Å². The Kier molecular flexibility index (Phi) is 4.23. The second-order valence-electron chi connectivity index (χ2n) is 5.01. The van der Waals surface area contributed by atoms with Crippen LogP contribution < -0.4 is 5.32 Å². The van der Waals surface area contributed by atoms with Crippen molar-refractivity contribution >= 4 is 50.9 Å². The van der Waals surface area contributed by atoms with Gasteiger partial charge >= 0.3 is 12.0 Å². The molecule has 1 saturated heterocycles. The number of rotatable bonds is 3. The number of hydrogen-bond donors (Lipinski definition) is 1. The Morgan fingerprint density at radius 2 is 2.13 bits per heavy atom. The van der Waals surface area contributed by atoms with E-state index in [1.54, 1.807) is 0 Å². The predicted octanol–water partition coefficient (Wildman–Crippen LogP) is 2.65. The summed E-state index contributed by atoms with van der Waals surface area (Å²) >= 11 is 7.42. The summed E-state index contributed by atoms with van der Waals surface area (Å²) in [5.74, 6) is -1.22. The van der Waals surface area contributed by atoms with Gasteiger partial charge in [-0.1, -0.05) is 29.8 Å². The molecule has 0 bridgehead atoms. The van der Waals surface area contributed by atoms with Gasteiger partial charge in [0.2, 0.25) is 0 Å². The number of imide groups is 1. The number of nitrogens with zero attached hydrogens (tertiary/aromatic N) is 1. The predicted molar refractivity (Wildman–Crippen MR) is 86.8 cm³/mol. The average Bonchev–Trinajstić information content (AvgIpc) is 3.11. The van der Waals surface area contributed by atoms with Crippen LogP contribution in [0.25, 0.3) is 10.1 Å². The molecule has 1 unspecified atom stereocenters. The molecule has 2 heterocycles. The monoisotopic (exact) mass is 352 g/mol. The van der Waals surface area contributed by atoms with Crippen molar-refractivity contribution in [3.05, 3.63) is 34.2 Å². The van der Waals surface area contributed by atoms with Gasteiger partial charge in [-0.2, -0.15) is 0 Å². The lowest BCUT2D eigenvalue weighted by molar-refractivity contribution is -0.135. The van der Waals surface area contributed by atoms with Gasteiger partial charge in [-0.25, -0.2) is 9.59 Å². The van der Waals surface area contributed by atoms with Gasteiger partial charge in [0.05, 0.1) is 5.02 Å². The molecule has 3 amide bonds. The molecule has 1 atom stereocenters. The molecule has 120 valence electrons. The number of esters is 1. The van der Waals surface area contributed by atoms with E-state index in [0.29, 0.717) is 11.6 Å². The van der Waals surface area contributed by atoms with Crippen molar-refractivity contribution < 1.29 is 19.1 Å². The van der Waals surface area contributed by atoms with Crippen molar-refractivity contribution in [3.63, 3.8) is 0 Å². The summed E-state index contributed by atoms with van der Waals surface area (Å²) in [5, 5.41) is 3.61. The molecule has 0 saturated carbocycles. The van der Waals surface area contributed by atoms with Crippen molar-refractivity contribution in [3.8, 4) is 0 Å². The van der Waals surface area contributed by atoms with E-state index in [1.807, 2.05) is 24.3 Å². The number of amides is 3. The van der Waals surface area contributed by atoms with Crippen LogP contribution >= 0.6 is 22.9 Å². The maximum Gasteiger partial charge on any atom is 0.350 e. The molecule has 0 radical (unpaired) electrons. The Morgan fingerprint density at radius 3 is 2.78 bits per heavy atom. The third-order valence-electron chi connectivity index (χ3n) is 3.47. The third-order valence-corrected chi connectivity index (χ3v) is 5.13. The molecule has 0 aliphatic carbocycles. The fourth-order valence-corrected chi connectivity index (χ4v) is 3.70. The minimum Gasteiger partial charge on any atom is -0.448 e. The number of benzene rings is 1. The van der Waals surface area contributed by atoms with Gasteiger partial charge in [-0.05, 0) is 13.0 Å². The van der Waals surface area contributed by atoms with Crippen molar-refractivity contribution in [2.24, 2.45) is 0 Å². The van der Waals surface area contributed by atoms with E-state index in [-0.39, 0.29) is 11.4 Å². The zero-order chi connectivity index (χ0) is 16.6. The van der Waals surface area contributed by atoms with E-state index in [9.17, 15) is 14.4 Å². The average molecular weight is 353 g/mol. The minimum absolute atomic E-state index is 0.249. The van der Waals surface area contributed by atoms with E-state index < -0.39 is 24.0 Å². The summed E-state index contributed by atoms with van der Waals surface area (Å²) in [6, 6.07) is 6.87. The van der Waals surface area contributed by atoms with Crippen LogP contribution in [0.4, 0.5) is 4.79 Å². The number of nitrogens with one attached hydrogen (secondary N) is 1. The van der Waals surface area contributed by atoms with Crippen LogP contribution in [-0.4, -0.2) is 42.0 Å². The quantitative estimate of drug-likeness (QED) is 0.862. The van der Waals surface area contributed by atoms with Crippen molar-refractivity contribution in [2.75, 3.05) is 13.1 Å². The fourth-order valence-electron chi connectivity index (χ4n) is 2.31. The standard InChI is InChI=1S/C15H13ClN2O4S/c1-8(13(19)18-7-6-17-15(18)21)22-14(20)12-11(16)9-4-2-3-5-10(9)23-12/h2-5,8H,6-7H2,1H3,(H,17,21). The number of ether oxygens (including phenoxy) is 1. The van der Waals surface area contributed by atoms with Crippen LogP contribution in [0.5, 0.6) is 0 Å². The molecular weight excluding hydrogens is 340 g/mol. The summed E-state index contributed by atoms with van der Waals surface area (Å²) in [5.41, 5.74) is 0. The first-order chi connectivity index (χ1) is 11.0. The van der Waals surface area contributed by atoms with Crippen LogP contribution in [0.15, 0.2) is 24.3 Å². The highest BCUT2D eigenvalue weighted by atomic mass is 35.5. The van der Waals surface area contributed by atoms with Crippen LogP contribution in [0.1, 0.15) is 16.6 Å². The maximum absolute atomic E-state index is 12.3. The van der Waals surface area contributed by atoms with Crippen molar-refractivity contribution in [1.82, 2.24) is 10.2 Å². The topological polar surface area (TPSA) is 75.7 Å². The number of carbonyl (C=O) groups excluding carboxylic acids is 3. The van der Waals surface area contributed by atoms with Gasteiger partial charge in [0.15, 0.2) is 6.10 Å². The summed E-state index contributed by atoms with van der Waals surface area (Å²) in [4.78, 5) is 37.2. The molecule has 23 heavy (non-hydrogen) atoms. The Labute approximate surface area is 141 Å². The third kappa shape index (κ3) is 2.89. The molecule has 8 heteroatoms. The zero-order valence-corrected chi connectivity index (χ0v) is 13.7. The Hall–Kier alpha value is -2.12. The van der Waals surface area contributed by atoms with Gasteiger partial charge in [0, 0.05) is 23.2 Å². The smallest absolute Gasteiger partial charge is 0.350 e. The van der Waals surface area contributed by atoms with Gasteiger partial charge in [0.25, 0.3) is 5.91 Å². The molecule has 1 aromatic heterocycles. The molecule has 3 rings (SSSR count). The Morgan fingerprint density at radius 1 is 1.39 bits per heavy atom. The van der Waals surface area contributed by atoms with Crippen LogP contribution in [0, 0.1) is 0 Å². The molecule has 6 nitrogen and oxygen atoms in total. The molecule has 0 spiro atoms. The maximum atomic E-state index is 12.3. The van der Waals surface area contributed by atoms with Gasteiger partial charge < -0.3 is 10.1 Å². The number of hydrogen-bond acceptors (Lipinski definition) is 5. The lowest BCUT2D eigenvalue weighted by atomic mass is 10.2. The highest BCUT2D eigenvalue weighted by molar-refractivity contribution is 7.21. The Balaban J connectivity index is 1.76. The summed E-state index contributed by atoms with van der Waals surface area (Å²) in [6.07, 6.45) is -1.06. The molecule has 1 N–H and O–H groups in total. The largest absolute Gasteiger partial charge is 0.448 e. The number of urea groups is 1. The number of halogens is 1. The van der Waals surface area contributed by atoms with Gasteiger partial charge in [0.1, 0.15) is 4.88 Å². The number of fused-ring (bicyclic) bond motifs is 1. The highest BCUT2D eigenvalue weighted by Gasteiger charge is 2.32. The van der Waals surface area contributed by atoms with E-state index in [2.05, 4.69) is 5.32 Å². The first-order valence-corrected chi connectivity index (χ1v) is 8.15. The normalized spacial score (nSPS) is 15.6. The molecule has 1 aromatic carbocycles. The second kappa shape index (κ2) is 6.17. The van der Waals surface area contributed by atoms with Crippen LogP contribution in [0.2, 0.25) is 5.02 Å². The number of carbonyl (C=O) groups is 3. The summed E-state index contributed by atoms with van der Waals surface area (Å²) in [6.45, 7) is 2.10. The van der Waals surface area contributed by atoms with Crippen molar-refractivity contribution in [1.29, 1.82) is 0 Å². The molecule has 1 aliphatic heterocycles. The summed E-state index contributed by atoms with van der Waals surface area (Å²) < 4.78 is 6.05. The zero-order valence-electron chi connectivity index (χ0n) is 12.2. The number of thiophene rings is 1. The van der Waals surface area contributed by atoms with Gasteiger partial charge in [-0.3, -0.25) is 9.69 Å². The molecular formula is C15H13ClN2O4S. The first kappa shape index (κ1) is 15.8. The first-order valence-electron chi connectivity index (χ1n) is 6.96. The van der Waals surface area contributed by atoms with E-state index in [1.165, 1.54) is 18.3 Å². The molecule has 1 fully saturated rings. The van der Waals surface area contributed by atoms with Crippen molar-refractivity contribution in [2.45, 2.75) is 13.0 Å². The SMILES string of the molecule is CC(OC(=O)c1sc2ccccc2c1Cl)C(=O)N1CCNC1=O. The lowest BCUT2D eigenvalue weighted by Crippen LogP contribution is -2.41. The summed E-state index contributed by atoms with van der Waals surface area (Å²) in [7, 11) is 0. The minimum atomic E-state index is -1.06. The van der Waals surface area contributed by atoms with Crippen LogP contribution in [0.3, 0.4) is 0 Å². The Bertz CT molecular complexity index is 804. The van der Waals surface area contributed by atoms with E-state index in [4.69, 9.17) is 16.3 Å². The van der Waals surface area contributed by atoms with Gasteiger partial charge in [-0.15, -0.1) is 11.3 Å². The van der Waals surface area contributed by atoms with E-state index in [0.717, 1.165) is 15.0 Å². The lowest BCUT2D eigenvalue weighted by Gasteiger charge is -2.17. The van der Waals surface area contributed by atoms with E-state index >= 15 is 0 Å². The highest BCUT2D eigenvalue weighted by Crippen LogP contribution is 2.35. The fraction of sp³-hybridized carbons (Fsp3) is 0.267. The second-order valence-corrected chi connectivity index (χ2v) is 6.44. The molecule has 2 aromatic rings. The molecule has 1 aliphatic rings.